The number of benzene rings is 1. The van der Waals surface area contributed by atoms with Gasteiger partial charge in [0.2, 0.25) is 5.95 Å². The van der Waals surface area contributed by atoms with Crippen LogP contribution in [0.2, 0.25) is 0 Å². The number of nitrogen functional groups attached to an aromatic ring is 1. The molecule has 0 saturated heterocycles. The van der Waals surface area contributed by atoms with Crippen molar-refractivity contribution in [3.8, 4) is 5.75 Å². The molecule has 8 heteroatoms. The zero-order valence-electron chi connectivity index (χ0n) is 10.4. The predicted molar refractivity (Wildman–Crippen MR) is 67.6 cm³/mol. The molecule has 20 heavy (non-hydrogen) atoms. The second-order valence-electron chi connectivity index (χ2n) is 3.92. The van der Waals surface area contributed by atoms with Gasteiger partial charge in [0.1, 0.15) is 5.82 Å². The zero-order chi connectivity index (χ0) is 14.8. The first kappa shape index (κ1) is 13.9. The second kappa shape index (κ2) is 5.24. The lowest BCUT2D eigenvalue weighted by molar-refractivity contribution is -0.274. The van der Waals surface area contributed by atoms with Crippen molar-refractivity contribution in [2.24, 2.45) is 0 Å². The Hall–Kier alpha value is -2.51. The first-order chi connectivity index (χ1) is 9.33. The molecule has 0 spiro atoms. The lowest BCUT2D eigenvalue weighted by atomic mass is 10.3. The minimum absolute atomic E-state index is 0.0294. The van der Waals surface area contributed by atoms with Crippen molar-refractivity contribution in [3.05, 3.63) is 36.0 Å². The molecule has 2 aromatic rings. The highest BCUT2D eigenvalue weighted by atomic mass is 19.4. The number of nitrogens with two attached hydrogens (primary N) is 1. The standard InChI is InChI=1S/C12H11F3N4O/c1-7-6-10(19-11(16)17-7)18-8-4-2-3-5-9(8)20-12(13,14)15/h2-6H,1H3,(H3,16,17,18,19). The highest BCUT2D eigenvalue weighted by molar-refractivity contribution is 5.64. The molecule has 1 aromatic carbocycles. The molecule has 0 aliphatic rings. The molecule has 0 aliphatic carbocycles. The van der Waals surface area contributed by atoms with Gasteiger partial charge in [0.25, 0.3) is 0 Å². The molecule has 0 atom stereocenters. The van der Waals surface area contributed by atoms with E-state index in [4.69, 9.17) is 5.73 Å². The number of halogens is 3. The van der Waals surface area contributed by atoms with Crippen LogP contribution in [0.4, 0.5) is 30.6 Å². The van der Waals surface area contributed by atoms with E-state index in [0.717, 1.165) is 0 Å². The number of anilines is 3. The van der Waals surface area contributed by atoms with E-state index in [0.29, 0.717) is 5.69 Å². The largest absolute Gasteiger partial charge is 0.573 e. The summed E-state index contributed by atoms with van der Waals surface area (Å²) < 4.78 is 40.8. The molecule has 1 heterocycles. The van der Waals surface area contributed by atoms with E-state index in [1.807, 2.05) is 0 Å². The van der Waals surface area contributed by atoms with E-state index >= 15 is 0 Å². The van der Waals surface area contributed by atoms with Crippen LogP contribution in [0.3, 0.4) is 0 Å². The van der Waals surface area contributed by atoms with Gasteiger partial charge in [-0.3, -0.25) is 0 Å². The second-order valence-corrected chi connectivity index (χ2v) is 3.92. The highest BCUT2D eigenvalue weighted by Gasteiger charge is 2.32. The van der Waals surface area contributed by atoms with Crippen LogP contribution in [0.15, 0.2) is 30.3 Å². The van der Waals surface area contributed by atoms with Crippen molar-refractivity contribution in [1.82, 2.24) is 9.97 Å². The van der Waals surface area contributed by atoms with Gasteiger partial charge in [-0.15, -0.1) is 13.2 Å². The number of hydrogen-bond donors (Lipinski definition) is 2. The predicted octanol–water partition coefficient (Wildman–Crippen LogP) is 3.01. The third kappa shape index (κ3) is 3.74. The summed E-state index contributed by atoms with van der Waals surface area (Å²) in [6.45, 7) is 1.70. The fourth-order valence-corrected chi connectivity index (χ4v) is 1.58. The van der Waals surface area contributed by atoms with Crippen molar-refractivity contribution in [3.63, 3.8) is 0 Å². The molecule has 3 N–H and O–H groups in total. The summed E-state index contributed by atoms with van der Waals surface area (Å²) in [7, 11) is 0. The van der Waals surface area contributed by atoms with Crippen molar-refractivity contribution >= 4 is 17.5 Å². The molecule has 0 amide bonds. The molecule has 0 fully saturated rings. The summed E-state index contributed by atoms with van der Waals surface area (Å²) in [6.07, 6.45) is -4.77. The first-order valence-corrected chi connectivity index (χ1v) is 5.56. The lowest BCUT2D eigenvalue weighted by Gasteiger charge is -2.14. The lowest BCUT2D eigenvalue weighted by Crippen LogP contribution is -2.18. The molecular formula is C12H11F3N4O. The number of aryl methyl sites for hydroxylation is 1. The van der Waals surface area contributed by atoms with E-state index in [2.05, 4.69) is 20.0 Å². The summed E-state index contributed by atoms with van der Waals surface area (Å²) in [4.78, 5) is 7.76. The monoisotopic (exact) mass is 284 g/mol. The average molecular weight is 284 g/mol. The van der Waals surface area contributed by atoms with Crippen LogP contribution in [0.1, 0.15) is 5.69 Å². The van der Waals surface area contributed by atoms with Crippen molar-refractivity contribution in [2.75, 3.05) is 11.1 Å². The molecule has 2 rings (SSSR count). The molecule has 0 aliphatic heterocycles. The summed E-state index contributed by atoms with van der Waals surface area (Å²) in [5, 5.41) is 2.72. The number of ether oxygens (including phenoxy) is 1. The Morgan fingerprint density at radius 2 is 1.90 bits per heavy atom. The number of aromatic nitrogens is 2. The molecule has 0 saturated carbocycles. The van der Waals surface area contributed by atoms with Crippen LogP contribution in [-0.4, -0.2) is 16.3 Å². The Balaban J connectivity index is 2.29. The van der Waals surface area contributed by atoms with Gasteiger partial charge >= 0.3 is 6.36 Å². The summed E-state index contributed by atoms with van der Waals surface area (Å²) in [5.41, 5.74) is 6.20. The number of rotatable bonds is 3. The normalized spacial score (nSPS) is 11.2. The maximum Gasteiger partial charge on any atom is 0.573 e. The van der Waals surface area contributed by atoms with Crippen molar-refractivity contribution in [1.29, 1.82) is 0 Å². The van der Waals surface area contributed by atoms with Crippen LogP contribution in [0, 0.1) is 6.92 Å². The van der Waals surface area contributed by atoms with Crippen molar-refractivity contribution in [2.45, 2.75) is 13.3 Å². The van der Waals surface area contributed by atoms with Gasteiger partial charge in [-0.05, 0) is 19.1 Å². The molecule has 0 unspecified atom stereocenters. The van der Waals surface area contributed by atoms with Gasteiger partial charge in [-0.1, -0.05) is 12.1 Å². The number of nitrogens with zero attached hydrogens (tertiary/aromatic N) is 2. The SMILES string of the molecule is Cc1cc(Nc2ccccc2OC(F)(F)F)nc(N)n1. The summed E-state index contributed by atoms with van der Waals surface area (Å²) >= 11 is 0. The Morgan fingerprint density at radius 3 is 2.55 bits per heavy atom. The zero-order valence-corrected chi connectivity index (χ0v) is 10.4. The number of nitrogens with one attached hydrogen (secondary N) is 1. The van der Waals surface area contributed by atoms with Crippen LogP contribution in [0.25, 0.3) is 0 Å². The molecule has 5 nitrogen and oxygen atoms in total. The summed E-state index contributed by atoms with van der Waals surface area (Å²) in [5.74, 6) is -0.0372. The Labute approximate surface area is 112 Å². The molecule has 1 aromatic heterocycles. The smallest absolute Gasteiger partial charge is 0.404 e. The summed E-state index contributed by atoms with van der Waals surface area (Å²) in [6, 6.07) is 7.21. The van der Waals surface area contributed by atoms with Crippen LogP contribution >= 0.6 is 0 Å². The van der Waals surface area contributed by atoms with E-state index in [9.17, 15) is 13.2 Å². The van der Waals surface area contributed by atoms with Gasteiger partial charge in [-0.2, -0.15) is 4.98 Å². The van der Waals surface area contributed by atoms with Crippen LogP contribution in [0.5, 0.6) is 5.75 Å². The number of para-hydroxylation sites is 2. The first-order valence-electron chi connectivity index (χ1n) is 5.56. The van der Waals surface area contributed by atoms with E-state index in [-0.39, 0.29) is 23.2 Å². The van der Waals surface area contributed by atoms with Crippen molar-refractivity contribution < 1.29 is 17.9 Å². The maximum atomic E-state index is 12.3. The van der Waals surface area contributed by atoms with Crippen LogP contribution < -0.4 is 15.8 Å². The topological polar surface area (TPSA) is 73.1 Å². The van der Waals surface area contributed by atoms with E-state index < -0.39 is 6.36 Å². The number of alkyl halides is 3. The van der Waals surface area contributed by atoms with Gasteiger partial charge in [0.15, 0.2) is 5.75 Å². The van der Waals surface area contributed by atoms with E-state index in [1.165, 1.54) is 18.2 Å². The fraction of sp³-hybridized carbons (Fsp3) is 0.167. The Bertz CT molecular complexity index is 596. The van der Waals surface area contributed by atoms with E-state index in [1.54, 1.807) is 19.1 Å². The minimum atomic E-state index is -4.77. The van der Waals surface area contributed by atoms with Gasteiger partial charge < -0.3 is 15.8 Å². The third-order valence-electron chi connectivity index (χ3n) is 2.25. The quantitative estimate of drug-likeness (QED) is 0.906. The maximum absolute atomic E-state index is 12.3. The van der Waals surface area contributed by atoms with Gasteiger partial charge in [-0.25, -0.2) is 4.98 Å². The Kier molecular flexibility index (Phi) is 3.64. The van der Waals surface area contributed by atoms with Crippen LogP contribution in [-0.2, 0) is 0 Å². The minimum Gasteiger partial charge on any atom is -0.404 e. The molecule has 106 valence electrons. The Morgan fingerprint density at radius 1 is 1.20 bits per heavy atom. The fourth-order valence-electron chi connectivity index (χ4n) is 1.58. The average Bonchev–Trinajstić information content (AvgIpc) is 2.28. The number of hydrogen-bond acceptors (Lipinski definition) is 5. The third-order valence-corrected chi connectivity index (χ3v) is 2.25. The molecular weight excluding hydrogens is 273 g/mol. The van der Waals surface area contributed by atoms with Gasteiger partial charge in [0.05, 0.1) is 5.69 Å². The molecule has 0 radical (unpaired) electrons. The highest BCUT2D eigenvalue weighted by Crippen LogP contribution is 2.31. The van der Waals surface area contributed by atoms with Gasteiger partial charge in [0, 0.05) is 11.8 Å². The molecule has 0 bridgehead atoms.